The highest BCUT2D eigenvalue weighted by atomic mass is 32.2. The number of pyridine rings is 1. The Labute approximate surface area is 167 Å². The van der Waals surface area contributed by atoms with E-state index in [9.17, 15) is 18.4 Å². The van der Waals surface area contributed by atoms with Crippen molar-refractivity contribution in [2.24, 2.45) is 0 Å². The predicted octanol–water partition coefficient (Wildman–Crippen LogP) is 4.84. The van der Waals surface area contributed by atoms with Crippen LogP contribution in [0.25, 0.3) is 11.3 Å². The number of aryl methyl sites for hydroxylation is 1. The van der Waals surface area contributed by atoms with Crippen molar-refractivity contribution in [2.75, 3.05) is 25.7 Å². The molecule has 0 radical (unpaired) electrons. The summed E-state index contributed by atoms with van der Waals surface area (Å²) in [7, 11) is 0. The third-order valence-corrected chi connectivity index (χ3v) is 4.96. The topological polar surface area (TPSA) is 56.3 Å². The standard InChI is InChI=1S/C21H23F2NO3S/c1-3-15-17(21(26)28-13-11-23)16(4-2)24-19(14-8-6-5-7-9-14)18(15)20(25)27-12-10-22/h5-9H,3-4,10-13H2,1-2H3. The summed E-state index contributed by atoms with van der Waals surface area (Å²) in [5.74, 6) is -0.680. The lowest BCUT2D eigenvalue weighted by molar-refractivity contribution is 0.0480. The molecule has 0 saturated carbocycles. The molecule has 28 heavy (non-hydrogen) atoms. The van der Waals surface area contributed by atoms with Gasteiger partial charge in [0.15, 0.2) is 0 Å². The molecular formula is C21H23F2NO3S. The fourth-order valence-electron chi connectivity index (χ4n) is 2.97. The number of alkyl halides is 2. The van der Waals surface area contributed by atoms with Gasteiger partial charge in [-0.1, -0.05) is 55.9 Å². The van der Waals surface area contributed by atoms with Gasteiger partial charge in [0, 0.05) is 11.3 Å². The maximum Gasteiger partial charge on any atom is 0.340 e. The van der Waals surface area contributed by atoms with Crippen LogP contribution in [0.1, 0.15) is 45.8 Å². The summed E-state index contributed by atoms with van der Waals surface area (Å²) in [6.07, 6.45) is 0.858. The van der Waals surface area contributed by atoms with E-state index in [0.29, 0.717) is 40.9 Å². The molecular weight excluding hydrogens is 384 g/mol. The molecule has 150 valence electrons. The molecule has 7 heteroatoms. The number of ether oxygens (including phenoxy) is 1. The molecule has 1 heterocycles. The van der Waals surface area contributed by atoms with Gasteiger partial charge < -0.3 is 4.74 Å². The summed E-state index contributed by atoms with van der Waals surface area (Å²) in [6.45, 7) is 1.90. The van der Waals surface area contributed by atoms with Crippen LogP contribution in [0.15, 0.2) is 30.3 Å². The van der Waals surface area contributed by atoms with Gasteiger partial charge in [-0.2, -0.15) is 0 Å². The van der Waals surface area contributed by atoms with Crippen LogP contribution in [-0.4, -0.2) is 41.8 Å². The Morgan fingerprint density at radius 1 is 1.04 bits per heavy atom. The number of thioether (sulfide) groups is 1. The maximum atomic E-state index is 12.8. The van der Waals surface area contributed by atoms with Crippen LogP contribution in [0.2, 0.25) is 0 Å². The number of nitrogens with zero attached hydrogens (tertiary/aromatic N) is 1. The van der Waals surface area contributed by atoms with Gasteiger partial charge in [0.1, 0.15) is 13.3 Å². The Hall–Kier alpha value is -2.28. The minimum absolute atomic E-state index is 0.0349. The first-order valence-electron chi connectivity index (χ1n) is 9.16. The smallest absolute Gasteiger partial charge is 0.340 e. The molecule has 2 rings (SSSR count). The molecule has 0 fully saturated rings. The second-order valence-electron chi connectivity index (χ2n) is 5.86. The molecule has 0 spiro atoms. The highest BCUT2D eigenvalue weighted by Crippen LogP contribution is 2.32. The van der Waals surface area contributed by atoms with Gasteiger partial charge >= 0.3 is 5.97 Å². The first kappa shape index (κ1) is 22.0. The monoisotopic (exact) mass is 407 g/mol. The van der Waals surface area contributed by atoms with Gasteiger partial charge in [-0.05, 0) is 18.4 Å². The Morgan fingerprint density at radius 2 is 1.75 bits per heavy atom. The normalized spacial score (nSPS) is 10.7. The summed E-state index contributed by atoms with van der Waals surface area (Å²) in [5.41, 5.74) is 2.67. The quantitative estimate of drug-likeness (QED) is 0.557. The molecule has 0 amide bonds. The van der Waals surface area contributed by atoms with Gasteiger partial charge in [-0.15, -0.1) is 0 Å². The lowest BCUT2D eigenvalue weighted by Crippen LogP contribution is -2.18. The average Bonchev–Trinajstić information content (AvgIpc) is 2.74. The van der Waals surface area contributed by atoms with Crippen molar-refractivity contribution in [1.29, 1.82) is 0 Å². The van der Waals surface area contributed by atoms with E-state index in [1.54, 1.807) is 0 Å². The molecule has 0 aliphatic rings. The van der Waals surface area contributed by atoms with Crippen LogP contribution in [0.5, 0.6) is 0 Å². The van der Waals surface area contributed by atoms with E-state index in [1.165, 1.54) is 0 Å². The molecule has 1 aromatic carbocycles. The molecule has 4 nitrogen and oxygen atoms in total. The second kappa shape index (κ2) is 10.9. The maximum absolute atomic E-state index is 12.8. The van der Waals surface area contributed by atoms with Crippen molar-refractivity contribution in [1.82, 2.24) is 4.98 Å². The van der Waals surface area contributed by atoms with E-state index >= 15 is 0 Å². The van der Waals surface area contributed by atoms with E-state index in [1.807, 2.05) is 44.2 Å². The fourth-order valence-corrected chi connectivity index (χ4v) is 3.62. The third kappa shape index (κ3) is 4.95. The number of halogens is 2. The van der Waals surface area contributed by atoms with Crippen LogP contribution in [-0.2, 0) is 17.6 Å². The summed E-state index contributed by atoms with van der Waals surface area (Å²) in [5, 5.41) is -0.321. The predicted molar refractivity (Wildman–Crippen MR) is 107 cm³/mol. The van der Waals surface area contributed by atoms with Crippen molar-refractivity contribution in [3.8, 4) is 11.3 Å². The van der Waals surface area contributed by atoms with E-state index in [2.05, 4.69) is 4.98 Å². The zero-order valence-electron chi connectivity index (χ0n) is 16.0. The van der Waals surface area contributed by atoms with Gasteiger partial charge in [-0.3, -0.25) is 14.2 Å². The number of benzene rings is 1. The van der Waals surface area contributed by atoms with Crippen molar-refractivity contribution in [3.05, 3.63) is 52.7 Å². The third-order valence-electron chi connectivity index (χ3n) is 4.14. The number of hydrogen-bond acceptors (Lipinski definition) is 5. The molecule has 0 atom stereocenters. The van der Waals surface area contributed by atoms with E-state index in [0.717, 1.165) is 11.8 Å². The minimum atomic E-state index is -0.799. The van der Waals surface area contributed by atoms with Gasteiger partial charge in [0.25, 0.3) is 0 Å². The highest BCUT2D eigenvalue weighted by molar-refractivity contribution is 8.14. The Balaban J connectivity index is 2.75. The van der Waals surface area contributed by atoms with E-state index in [4.69, 9.17) is 4.74 Å². The molecule has 0 bridgehead atoms. The van der Waals surface area contributed by atoms with Crippen LogP contribution < -0.4 is 0 Å². The highest BCUT2D eigenvalue weighted by Gasteiger charge is 2.28. The van der Waals surface area contributed by atoms with Crippen molar-refractivity contribution in [2.45, 2.75) is 26.7 Å². The van der Waals surface area contributed by atoms with Crippen LogP contribution in [0, 0.1) is 0 Å². The Morgan fingerprint density at radius 3 is 2.32 bits per heavy atom. The summed E-state index contributed by atoms with van der Waals surface area (Å²) < 4.78 is 30.2. The van der Waals surface area contributed by atoms with E-state index < -0.39 is 19.3 Å². The fraction of sp³-hybridized carbons (Fsp3) is 0.381. The van der Waals surface area contributed by atoms with Gasteiger partial charge in [0.2, 0.25) is 5.12 Å². The van der Waals surface area contributed by atoms with Crippen LogP contribution in [0.4, 0.5) is 8.78 Å². The molecule has 0 saturated heterocycles. The molecule has 0 aliphatic carbocycles. The number of aromatic nitrogens is 1. The summed E-state index contributed by atoms with van der Waals surface area (Å²) in [6, 6.07) is 9.11. The van der Waals surface area contributed by atoms with Gasteiger partial charge in [-0.25, -0.2) is 9.18 Å². The molecule has 0 unspecified atom stereocenters. The lowest BCUT2D eigenvalue weighted by atomic mass is 9.93. The van der Waals surface area contributed by atoms with Crippen molar-refractivity contribution in [3.63, 3.8) is 0 Å². The number of hydrogen-bond donors (Lipinski definition) is 0. The van der Waals surface area contributed by atoms with Crippen molar-refractivity contribution >= 4 is 22.8 Å². The van der Waals surface area contributed by atoms with Crippen molar-refractivity contribution < 1.29 is 23.1 Å². The first-order valence-corrected chi connectivity index (χ1v) is 10.1. The lowest BCUT2D eigenvalue weighted by Gasteiger charge is -2.19. The number of rotatable bonds is 9. The first-order chi connectivity index (χ1) is 13.6. The van der Waals surface area contributed by atoms with E-state index in [-0.39, 0.29) is 23.0 Å². The molecule has 0 N–H and O–H groups in total. The molecule has 2 aromatic rings. The van der Waals surface area contributed by atoms with Crippen LogP contribution >= 0.6 is 11.8 Å². The second-order valence-corrected chi connectivity index (χ2v) is 6.93. The molecule has 1 aromatic heterocycles. The molecule has 0 aliphatic heterocycles. The summed E-state index contributed by atoms with van der Waals surface area (Å²) >= 11 is 0.863. The van der Waals surface area contributed by atoms with Gasteiger partial charge in [0.05, 0.1) is 29.2 Å². The zero-order chi connectivity index (χ0) is 20.5. The minimum Gasteiger partial charge on any atom is -0.459 e. The Bertz CT molecular complexity index is 828. The zero-order valence-corrected chi connectivity index (χ0v) is 16.8. The SMILES string of the molecule is CCc1nc(-c2ccccc2)c(C(=O)OCCF)c(CC)c1C(=O)SCCF. The average molecular weight is 407 g/mol. The number of esters is 1. The Kier molecular flexibility index (Phi) is 8.57. The summed E-state index contributed by atoms with van der Waals surface area (Å²) in [4.78, 5) is 30.1. The largest absolute Gasteiger partial charge is 0.459 e. The number of carbonyl (C=O) groups is 2. The number of carbonyl (C=O) groups excluding carboxylic acids is 2. The van der Waals surface area contributed by atoms with Crippen LogP contribution in [0.3, 0.4) is 0 Å².